The summed E-state index contributed by atoms with van der Waals surface area (Å²) < 4.78 is 4.61. The summed E-state index contributed by atoms with van der Waals surface area (Å²) in [4.78, 5) is 11.7. The van der Waals surface area contributed by atoms with Gasteiger partial charge in [0.25, 0.3) is 0 Å². The summed E-state index contributed by atoms with van der Waals surface area (Å²) in [5, 5.41) is 12.7. The number of nitrogens with one attached hydrogen (secondary N) is 1. The number of esters is 1. The summed E-state index contributed by atoms with van der Waals surface area (Å²) in [6.45, 7) is 4.54. The smallest absolute Gasteiger partial charge is 0.350 e. The van der Waals surface area contributed by atoms with Gasteiger partial charge in [-0.15, -0.1) is 11.3 Å². The molecule has 1 aromatic rings. The number of hydrogen-bond acceptors (Lipinski definition) is 6. The normalized spacial score (nSPS) is 9.44. The first-order chi connectivity index (χ1) is 8.51. The molecule has 0 saturated carbocycles. The van der Waals surface area contributed by atoms with E-state index >= 15 is 0 Å². The highest BCUT2D eigenvalue weighted by Gasteiger charge is 2.21. The number of nitriles is 1. The third-order valence-corrected chi connectivity index (χ3v) is 3.34. The van der Waals surface area contributed by atoms with Crippen LogP contribution in [0.2, 0.25) is 0 Å². The molecule has 0 aliphatic heterocycles. The first-order valence-electron chi connectivity index (χ1n) is 5.29. The maximum atomic E-state index is 11.5. The Balaban J connectivity index is 3.02. The molecule has 1 aromatic heterocycles. The van der Waals surface area contributed by atoms with Crippen LogP contribution in [0.25, 0.3) is 0 Å². The Hall–Kier alpha value is -2.00. The van der Waals surface area contributed by atoms with Crippen LogP contribution in [0.1, 0.15) is 29.1 Å². The van der Waals surface area contributed by atoms with Gasteiger partial charge in [0.1, 0.15) is 21.5 Å². The number of methoxy groups -OCH3 is 1. The minimum absolute atomic E-state index is 0.175. The van der Waals surface area contributed by atoms with Crippen molar-refractivity contribution in [1.82, 2.24) is 0 Å². The molecule has 0 saturated heterocycles. The van der Waals surface area contributed by atoms with Crippen molar-refractivity contribution in [2.45, 2.75) is 13.8 Å². The van der Waals surface area contributed by atoms with Crippen molar-refractivity contribution in [3.8, 4) is 6.07 Å². The summed E-state index contributed by atoms with van der Waals surface area (Å²) in [6.07, 6.45) is 1.98. The predicted molar refractivity (Wildman–Crippen MR) is 72.7 cm³/mol. The van der Waals surface area contributed by atoms with E-state index < -0.39 is 5.97 Å². The second-order valence-electron chi connectivity index (χ2n) is 3.81. The maximum Gasteiger partial charge on any atom is 0.350 e. The quantitative estimate of drug-likeness (QED) is 0.644. The van der Waals surface area contributed by atoms with Crippen LogP contribution in [-0.4, -0.2) is 19.6 Å². The predicted octanol–water partition coefficient (Wildman–Crippen LogP) is 2.37. The van der Waals surface area contributed by atoms with E-state index in [1.807, 2.05) is 26.0 Å². The van der Waals surface area contributed by atoms with Crippen LogP contribution in [0.5, 0.6) is 0 Å². The highest BCUT2D eigenvalue weighted by atomic mass is 32.1. The second kappa shape index (κ2) is 6.07. The molecule has 18 heavy (non-hydrogen) atoms. The Bertz CT molecular complexity index is 522. The Morgan fingerprint density at radius 3 is 2.78 bits per heavy atom. The monoisotopic (exact) mass is 265 g/mol. The Kier molecular flexibility index (Phi) is 4.75. The number of allylic oxidation sites excluding steroid dienone is 1. The number of nitrogens with zero attached hydrogens (tertiary/aromatic N) is 1. The van der Waals surface area contributed by atoms with Crippen LogP contribution in [0.3, 0.4) is 0 Å². The lowest BCUT2D eigenvalue weighted by Gasteiger charge is -2.00. The van der Waals surface area contributed by atoms with Crippen LogP contribution >= 0.6 is 11.3 Å². The zero-order chi connectivity index (χ0) is 13.7. The van der Waals surface area contributed by atoms with Gasteiger partial charge in [-0.25, -0.2) is 4.79 Å². The van der Waals surface area contributed by atoms with Crippen molar-refractivity contribution in [3.63, 3.8) is 0 Å². The van der Waals surface area contributed by atoms with E-state index in [4.69, 9.17) is 11.0 Å². The maximum absolute atomic E-state index is 11.5. The van der Waals surface area contributed by atoms with Crippen LogP contribution < -0.4 is 11.1 Å². The Labute approximate surface area is 110 Å². The fourth-order valence-electron chi connectivity index (χ4n) is 1.27. The molecule has 6 heteroatoms. The van der Waals surface area contributed by atoms with E-state index in [2.05, 4.69) is 10.1 Å². The summed E-state index contributed by atoms with van der Waals surface area (Å²) >= 11 is 1.13. The molecular formula is C12H15N3O2S. The lowest BCUT2D eigenvalue weighted by Crippen LogP contribution is -2.02. The largest absolute Gasteiger partial charge is 0.465 e. The number of anilines is 2. The van der Waals surface area contributed by atoms with Crippen molar-refractivity contribution in [2.75, 3.05) is 24.7 Å². The van der Waals surface area contributed by atoms with Gasteiger partial charge in [-0.05, 0) is 13.8 Å². The summed E-state index contributed by atoms with van der Waals surface area (Å²) in [5.41, 5.74) is 7.39. The molecule has 1 rings (SSSR count). The summed E-state index contributed by atoms with van der Waals surface area (Å²) in [7, 11) is 1.28. The number of thiophene rings is 1. The summed E-state index contributed by atoms with van der Waals surface area (Å²) in [5.74, 6) is -0.524. The van der Waals surface area contributed by atoms with Crippen molar-refractivity contribution < 1.29 is 9.53 Å². The molecular weight excluding hydrogens is 250 g/mol. The van der Waals surface area contributed by atoms with Gasteiger partial charge in [-0.1, -0.05) is 11.6 Å². The fraction of sp³-hybridized carbons (Fsp3) is 0.333. The zero-order valence-corrected chi connectivity index (χ0v) is 11.4. The van der Waals surface area contributed by atoms with Gasteiger partial charge in [0.15, 0.2) is 0 Å². The molecule has 0 aliphatic rings. The minimum atomic E-state index is -0.524. The van der Waals surface area contributed by atoms with Crippen LogP contribution in [0, 0.1) is 11.3 Å². The molecule has 3 N–H and O–H groups in total. The highest BCUT2D eigenvalue weighted by Crippen LogP contribution is 2.35. The van der Waals surface area contributed by atoms with E-state index in [1.54, 1.807) is 0 Å². The topological polar surface area (TPSA) is 88.1 Å². The minimum Gasteiger partial charge on any atom is -0.465 e. The third-order valence-electron chi connectivity index (χ3n) is 2.20. The molecule has 0 fully saturated rings. The summed E-state index contributed by atoms with van der Waals surface area (Å²) in [6, 6.07) is 2.00. The van der Waals surface area contributed by atoms with Crippen molar-refractivity contribution in [2.24, 2.45) is 0 Å². The van der Waals surface area contributed by atoms with E-state index in [0.29, 0.717) is 17.1 Å². The number of rotatable bonds is 4. The van der Waals surface area contributed by atoms with E-state index in [-0.39, 0.29) is 10.6 Å². The average molecular weight is 265 g/mol. The molecule has 0 atom stereocenters. The molecule has 5 nitrogen and oxygen atoms in total. The number of ether oxygens (including phenoxy) is 1. The van der Waals surface area contributed by atoms with E-state index in [0.717, 1.165) is 11.3 Å². The number of carbonyl (C=O) groups is 1. The number of nitrogen functional groups attached to an aromatic ring is 1. The third kappa shape index (κ3) is 3.02. The van der Waals surface area contributed by atoms with Crippen molar-refractivity contribution >= 4 is 28.0 Å². The number of carbonyl (C=O) groups excluding carboxylic acids is 1. The number of hydrogen-bond donors (Lipinski definition) is 2. The molecule has 0 bridgehead atoms. The van der Waals surface area contributed by atoms with E-state index in [1.165, 1.54) is 12.7 Å². The van der Waals surface area contributed by atoms with Gasteiger partial charge in [0.2, 0.25) is 0 Å². The van der Waals surface area contributed by atoms with Crippen LogP contribution in [0.15, 0.2) is 11.6 Å². The lowest BCUT2D eigenvalue weighted by atomic mass is 10.2. The Morgan fingerprint density at radius 2 is 2.28 bits per heavy atom. The first kappa shape index (κ1) is 14.1. The molecule has 0 radical (unpaired) electrons. The highest BCUT2D eigenvalue weighted by molar-refractivity contribution is 7.18. The number of nitrogens with two attached hydrogens (primary N) is 1. The van der Waals surface area contributed by atoms with Gasteiger partial charge >= 0.3 is 5.97 Å². The molecule has 96 valence electrons. The van der Waals surface area contributed by atoms with Gasteiger partial charge < -0.3 is 15.8 Å². The van der Waals surface area contributed by atoms with Crippen molar-refractivity contribution in [1.29, 1.82) is 5.26 Å². The SMILES string of the molecule is COC(=O)c1sc(NCC=C(C)C)c(C#N)c1N. The average Bonchev–Trinajstić information content (AvgIpc) is 2.64. The van der Waals surface area contributed by atoms with Gasteiger partial charge in [0, 0.05) is 6.54 Å². The fourth-order valence-corrected chi connectivity index (χ4v) is 2.27. The standard InChI is InChI=1S/C12H15N3O2S/c1-7(2)4-5-15-11-8(6-13)9(14)10(18-11)12(16)17-3/h4,15H,5,14H2,1-3H3. The van der Waals surface area contributed by atoms with Gasteiger partial charge in [0.05, 0.1) is 12.8 Å². The molecule has 0 amide bonds. The second-order valence-corrected chi connectivity index (χ2v) is 4.84. The molecule has 0 aliphatic carbocycles. The van der Waals surface area contributed by atoms with E-state index in [9.17, 15) is 4.79 Å². The molecule has 0 unspecified atom stereocenters. The van der Waals surface area contributed by atoms with Crippen molar-refractivity contribution in [3.05, 3.63) is 22.1 Å². The lowest BCUT2D eigenvalue weighted by molar-refractivity contribution is 0.0607. The Morgan fingerprint density at radius 1 is 1.61 bits per heavy atom. The van der Waals surface area contributed by atoms with Gasteiger partial charge in [-0.2, -0.15) is 5.26 Å². The molecule has 1 heterocycles. The van der Waals surface area contributed by atoms with Gasteiger partial charge in [-0.3, -0.25) is 0 Å². The first-order valence-corrected chi connectivity index (χ1v) is 6.10. The zero-order valence-electron chi connectivity index (χ0n) is 10.5. The molecule has 0 spiro atoms. The molecule has 0 aromatic carbocycles. The van der Waals surface area contributed by atoms with Crippen LogP contribution in [0.4, 0.5) is 10.7 Å². The van der Waals surface area contributed by atoms with Crippen LogP contribution in [-0.2, 0) is 4.74 Å².